The molecule has 0 spiro atoms. The Balaban J connectivity index is 1.51. The zero-order chi connectivity index (χ0) is 20.9. The van der Waals surface area contributed by atoms with Gasteiger partial charge in [-0.25, -0.2) is 9.97 Å². The summed E-state index contributed by atoms with van der Waals surface area (Å²) in [5, 5.41) is 2.97. The van der Waals surface area contributed by atoms with Gasteiger partial charge in [0.15, 0.2) is 0 Å². The molecular weight excluding hydrogens is 380 g/mol. The van der Waals surface area contributed by atoms with Gasteiger partial charge in [0.25, 0.3) is 5.91 Å². The van der Waals surface area contributed by atoms with Gasteiger partial charge in [0.05, 0.1) is 31.6 Å². The molecular formula is C23H24N4O3. The third-order valence-electron chi connectivity index (χ3n) is 5.11. The molecule has 4 rings (SSSR count). The maximum atomic E-state index is 12.8. The van der Waals surface area contributed by atoms with E-state index >= 15 is 0 Å². The van der Waals surface area contributed by atoms with Crippen molar-refractivity contribution < 1.29 is 14.3 Å². The monoisotopic (exact) mass is 404 g/mol. The Morgan fingerprint density at radius 1 is 1.10 bits per heavy atom. The summed E-state index contributed by atoms with van der Waals surface area (Å²) in [6, 6.07) is 15.3. The number of carbonyl (C=O) groups is 1. The van der Waals surface area contributed by atoms with Gasteiger partial charge in [0.1, 0.15) is 6.33 Å². The Kier molecular flexibility index (Phi) is 5.90. The van der Waals surface area contributed by atoms with Gasteiger partial charge in [-0.15, -0.1) is 0 Å². The number of aromatic nitrogens is 2. The standard InChI is InChI=1S/C23H24N4O3/c1-16-21(23(29-2)25-15-24-16)17-4-3-5-18(14-17)22(28)26-19-6-8-20(9-7-19)27-10-12-30-13-11-27/h3-9,14-15H,10-13H2,1-2H3,(H,26,28). The maximum absolute atomic E-state index is 12.8. The van der Waals surface area contributed by atoms with Gasteiger partial charge in [0.2, 0.25) is 5.88 Å². The van der Waals surface area contributed by atoms with Crippen molar-refractivity contribution in [2.45, 2.75) is 6.92 Å². The molecule has 1 fully saturated rings. The molecule has 1 N–H and O–H groups in total. The SMILES string of the molecule is COc1ncnc(C)c1-c1cccc(C(=O)Nc2ccc(N3CCOCC3)cc2)c1. The first-order valence-corrected chi connectivity index (χ1v) is 9.86. The number of hydrogen-bond acceptors (Lipinski definition) is 6. The Bertz CT molecular complexity index is 1030. The van der Waals surface area contributed by atoms with Crippen molar-refractivity contribution in [1.82, 2.24) is 9.97 Å². The maximum Gasteiger partial charge on any atom is 0.255 e. The van der Waals surface area contributed by atoms with Gasteiger partial charge in [0, 0.05) is 30.0 Å². The normalized spacial score (nSPS) is 13.7. The number of anilines is 2. The first kappa shape index (κ1) is 19.8. The molecule has 1 amide bonds. The number of hydrogen-bond donors (Lipinski definition) is 1. The van der Waals surface area contributed by atoms with Gasteiger partial charge in [-0.2, -0.15) is 0 Å². The highest BCUT2D eigenvalue weighted by Crippen LogP contribution is 2.30. The molecule has 2 aromatic carbocycles. The molecule has 1 aliphatic rings. The van der Waals surface area contributed by atoms with E-state index in [4.69, 9.17) is 9.47 Å². The largest absolute Gasteiger partial charge is 0.480 e. The summed E-state index contributed by atoms with van der Waals surface area (Å²) < 4.78 is 10.8. The van der Waals surface area contributed by atoms with Crippen molar-refractivity contribution in [2.75, 3.05) is 43.6 Å². The lowest BCUT2D eigenvalue weighted by atomic mass is 10.0. The van der Waals surface area contributed by atoms with Crippen molar-refractivity contribution in [1.29, 1.82) is 0 Å². The Labute approximate surface area is 175 Å². The minimum atomic E-state index is -0.176. The highest BCUT2D eigenvalue weighted by molar-refractivity contribution is 6.05. The lowest BCUT2D eigenvalue weighted by Crippen LogP contribution is -2.36. The van der Waals surface area contributed by atoms with Gasteiger partial charge in [-0.1, -0.05) is 12.1 Å². The quantitative estimate of drug-likeness (QED) is 0.701. The van der Waals surface area contributed by atoms with Crippen molar-refractivity contribution in [3.05, 3.63) is 66.1 Å². The van der Waals surface area contributed by atoms with E-state index in [1.807, 2.05) is 49.4 Å². The van der Waals surface area contributed by atoms with E-state index in [-0.39, 0.29) is 5.91 Å². The summed E-state index contributed by atoms with van der Waals surface area (Å²) in [5.74, 6) is 0.309. The summed E-state index contributed by atoms with van der Waals surface area (Å²) in [5.41, 5.74) is 4.84. The van der Waals surface area contributed by atoms with E-state index in [0.717, 1.165) is 54.5 Å². The number of rotatable bonds is 5. The van der Waals surface area contributed by atoms with Crippen LogP contribution in [0.4, 0.5) is 11.4 Å². The fourth-order valence-corrected chi connectivity index (χ4v) is 3.54. The lowest BCUT2D eigenvalue weighted by Gasteiger charge is -2.28. The third kappa shape index (κ3) is 4.26. The molecule has 1 aromatic heterocycles. The van der Waals surface area contributed by atoms with Gasteiger partial charge in [-0.3, -0.25) is 4.79 Å². The first-order chi connectivity index (χ1) is 14.7. The molecule has 7 nitrogen and oxygen atoms in total. The van der Waals surface area contributed by atoms with Gasteiger partial charge in [-0.05, 0) is 48.9 Å². The van der Waals surface area contributed by atoms with E-state index in [0.29, 0.717) is 11.4 Å². The van der Waals surface area contributed by atoms with Crippen molar-refractivity contribution in [2.24, 2.45) is 0 Å². The summed E-state index contributed by atoms with van der Waals surface area (Å²) in [4.78, 5) is 23.5. The number of methoxy groups -OCH3 is 1. The molecule has 0 saturated carbocycles. The highest BCUT2D eigenvalue weighted by Gasteiger charge is 2.15. The van der Waals surface area contributed by atoms with Crippen LogP contribution in [0.25, 0.3) is 11.1 Å². The second-order valence-corrected chi connectivity index (χ2v) is 7.02. The number of nitrogens with zero attached hydrogens (tertiary/aromatic N) is 3. The molecule has 7 heteroatoms. The van der Waals surface area contributed by atoms with Gasteiger partial charge < -0.3 is 19.7 Å². The van der Waals surface area contributed by atoms with Crippen LogP contribution in [-0.2, 0) is 4.74 Å². The molecule has 3 aromatic rings. The second-order valence-electron chi connectivity index (χ2n) is 7.02. The fourth-order valence-electron chi connectivity index (χ4n) is 3.54. The van der Waals surface area contributed by atoms with Crippen molar-refractivity contribution >= 4 is 17.3 Å². The Hall–Kier alpha value is -3.45. The smallest absolute Gasteiger partial charge is 0.255 e. The number of morpholine rings is 1. The average molecular weight is 404 g/mol. The van der Waals surface area contributed by atoms with Crippen LogP contribution in [0.3, 0.4) is 0 Å². The number of ether oxygens (including phenoxy) is 2. The molecule has 0 atom stereocenters. The van der Waals surface area contributed by atoms with Crippen LogP contribution >= 0.6 is 0 Å². The average Bonchev–Trinajstić information content (AvgIpc) is 2.80. The van der Waals surface area contributed by atoms with E-state index in [2.05, 4.69) is 20.2 Å². The molecule has 0 unspecified atom stereocenters. The second kappa shape index (κ2) is 8.92. The molecule has 154 valence electrons. The predicted octanol–water partition coefficient (Wildman–Crippen LogP) is 3.55. The van der Waals surface area contributed by atoms with Gasteiger partial charge >= 0.3 is 0 Å². The third-order valence-corrected chi connectivity index (χ3v) is 5.11. The number of benzene rings is 2. The van der Waals surface area contributed by atoms with E-state index in [1.54, 1.807) is 13.2 Å². The van der Waals surface area contributed by atoms with Crippen LogP contribution in [0.1, 0.15) is 16.1 Å². The molecule has 1 saturated heterocycles. The zero-order valence-electron chi connectivity index (χ0n) is 17.1. The lowest BCUT2D eigenvalue weighted by molar-refractivity contribution is 0.102. The molecule has 0 aliphatic carbocycles. The number of amides is 1. The van der Waals surface area contributed by atoms with E-state index in [9.17, 15) is 4.79 Å². The van der Waals surface area contributed by atoms with Crippen molar-refractivity contribution in [3.63, 3.8) is 0 Å². The summed E-state index contributed by atoms with van der Waals surface area (Å²) in [6.07, 6.45) is 1.47. The fraction of sp³-hybridized carbons (Fsp3) is 0.261. The highest BCUT2D eigenvalue weighted by atomic mass is 16.5. The molecule has 30 heavy (non-hydrogen) atoms. The number of carbonyl (C=O) groups excluding carboxylic acids is 1. The summed E-state index contributed by atoms with van der Waals surface area (Å²) in [7, 11) is 1.57. The topological polar surface area (TPSA) is 76.6 Å². The molecule has 2 heterocycles. The van der Waals surface area contributed by atoms with Crippen LogP contribution in [-0.4, -0.2) is 49.3 Å². The van der Waals surface area contributed by atoms with Crippen LogP contribution in [0.15, 0.2) is 54.9 Å². The molecule has 0 bridgehead atoms. The number of nitrogens with one attached hydrogen (secondary N) is 1. The summed E-state index contributed by atoms with van der Waals surface area (Å²) in [6.45, 7) is 5.13. The Morgan fingerprint density at radius 3 is 2.60 bits per heavy atom. The van der Waals surface area contributed by atoms with Crippen LogP contribution < -0.4 is 15.0 Å². The Morgan fingerprint density at radius 2 is 1.87 bits per heavy atom. The van der Waals surface area contributed by atoms with Crippen LogP contribution in [0, 0.1) is 6.92 Å². The minimum absolute atomic E-state index is 0.176. The first-order valence-electron chi connectivity index (χ1n) is 9.86. The molecule has 0 radical (unpaired) electrons. The minimum Gasteiger partial charge on any atom is -0.480 e. The van der Waals surface area contributed by atoms with Crippen molar-refractivity contribution in [3.8, 4) is 17.0 Å². The van der Waals surface area contributed by atoms with Crippen LogP contribution in [0.2, 0.25) is 0 Å². The predicted molar refractivity (Wildman–Crippen MR) is 116 cm³/mol. The molecule has 1 aliphatic heterocycles. The van der Waals surface area contributed by atoms with Crippen LogP contribution in [0.5, 0.6) is 5.88 Å². The summed E-state index contributed by atoms with van der Waals surface area (Å²) >= 11 is 0. The van der Waals surface area contributed by atoms with E-state index < -0.39 is 0 Å². The van der Waals surface area contributed by atoms with E-state index in [1.165, 1.54) is 6.33 Å². The zero-order valence-corrected chi connectivity index (χ0v) is 17.1. The number of aryl methyl sites for hydroxylation is 1.